The SMILES string of the molecule is OCC1[C@@H](O)[C@H](O)[C@H](O)CN1Cc1ccc2ccccc2c1. The molecule has 0 radical (unpaired) electrons. The van der Waals surface area contributed by atoms with E-state index >= 15 is 0 Å². The zero-order chi connectivity index (χ0) is 15.7. The normalized spacial score (nSPS) is 29.8. The lowest BCUT2D eigenvalue weighted by molar-refractivity contribution is -0.147. The highest BCUT2D eigenvalue weighted by Gasteiger charge is 2.40. The van der Waals surface area contributed by atoms with E-state index in [1.807, 2.05) is 41.3 Å². The minimum atomic E-state index is -1.22. The fourth-order valence-electron chi connectivity index (χ4n) is 3.13. The molecule has 4 atom stereocenters. The summed E-state index contributed by atoms with van der Waals surface area (Å²) >= 11 is 0. The van der Waals surface area contributed by atoms with Crippen molar-refractivity contribution >= 4 is 10.8 Å². The van der Waals surface area contributed by atoms with Crippen LogP contribution >= 0.6 is 0 Å². The molecule has 0 spiro atoms. The van der Waals surface area contributed by atoms with Gasteiger partial charge in [0.15, 0.2) is 0 Å². The van der Waals surface area contributed by atoms with Crippen LogP contribution in [0.2, 0.25) is 0 Å². The maximum absolute atomic E-state index is 10.0. The number of piperidine rings is 1. The van der Waals surface area contributed by atoms with Crippen LogP contribution in [0.25, 0.3) is 10.8 Å². The van der Waals surface area contributed by atoms with Gasteiger partial charge in [0.25, 0.3) is 0 Å². The van der Waals surface area contributed by atoms with Crippen LogP contribution < -0.4 is 0 Å². The lowest BCUT2D eigenvalue weighted by Gasteiger charge is -2.43. The predicted molar refractivity (Wildman–Crippen MR) is 83.3 cm³/mol. The zero-order valence-electron chi connectivity index (χ0n) is 12.2. The van der Waals surface area contributed by atoms with Gasteiger partial charge in [0.1, 0.15) is 12.2 Å². The van der Waals surface area contributed by atoms with Crippen molar-refractivity contribution in [2.24, 2.45) is 0 Å². The molecule has 1 saturated heterocycles. The monoisotopic (exact) mass is 303 g/mol. The molecule has 0 aliphatic carbocycles. The van der Waals surface area contributed by atoms with Crippen LogP contribution in [0, 0.1) is 0 Å². The first-order chi connectivity index (χ1) is 10.6. The van der Waals surface area contributed by atoms with E-state index in [2.05, 4.69) is 6.07 Å². The number of benzene rings is 2. The molecule has 5 nitrogen and oxygen atoms in total. The number of aliphatic hydroxyl groups is 4. The van der Waals surface area contributed by atoms with Gasteiger partial charge in [-0.15, -0.1) is 0 Å². The average molecular weight is 303 g/mol. The topological polar surface area (TPSA) is 84.2 Å². The van der Waals surface area contributed by atoms with Crippen molar-refractivity contribution in [2.45, 2.75) is 30.9 Å². The third-order valence-corrected chi connectivity index (χ3v) is 4.42. The highest BCUT2D eigenvalue weighted by molar-refractivity contribution is 5.82. The van der Waals surface area contributed by atoms with Gasteiger partial charge < -0.3 is 20.4 Å². The molecule has 22 heavy (non-hydrogen) atoms. The van der Waals surface area contributed by atoms with Crippen molar-refractivity contribution in [3.63, 3.8) is 0 Å². The summed E-state index contributed by atoms with van der Waals surface area (Å²) in [5.74, 6) is 0. The van der Waals surface area contributed by atoms with Gasteiger partial charge in [-0.2, -0.15) is 0 Å². The molecule has 2 aromatic carbocycles. The second-order valence-electron chi connectivity index (χ2n) is 5.91. The molecule has 118 valence electrons. The summed E-state index contributed by atoms with van der Waals surface area (Å²) in [6, 6.07) is 13.6. The highest BCUT2D eigenvalue weighted by atomic mass is 16.4. The fraction of sp³-hybridized carbons (Fsp3) is 0.412. The van der Waals surface area contributed by atoms with Crippen LogP contribution in [-0.2, 0) is 6.54 Å². The molecule has 1 unspecified atom stereocenters. The van der Waals surface area contributed by atoms with Crippen molar-refractivity contribution in [1.82, 2.24) is 4.90 Å². The van der Waals surface area contributed by atoms with Gasteiger partial charge in [-0.25, -0.2) is 0 Å². The largest absolute Gasteiger partial charge is 0.395 e. The van der Waals surface area contributed by atoms with Crippen molar-refractivity contribution in [1.29, 1.82) is 0 Å². The second-order valence-corrected chi connectivity index (χ2v) is 5.91. The van der Waals surface area contributed by atoms with Crippen LogP contribution in [-0.4, -0.2) is 62.8 Å². The van der Waals surface area contributed by atoms with E-state index in [9.17, 15) is 20.4 Å². The maximum atomic E-state index is 10.0. The van der Waals surface area contributed by atoms with E-state index in [1.165, 1.54) is 0 Å². The number of hydrogen-bond donors (Lipinski definition) is 4. The van der Waals surface area contributed by atoms with E-state index in [4.69, 9.17) is 0 Å². The number of fused-ring (bicyclic) bond motifs is 1. The Labute approximate surface area is 129 Å². The third kappa shape index (κ3) is 2.86. The molecular weight excluding hydrogens is 282 g/mol. The van der Waals surface area contributed by atoms with Gasteiger partial charge in [-0.05, 0) is 22.4 Å². The van der Waals surface area contributed by atoms with Crippen molar-refractivity contribution in [2.75, 3.05) is 13.2 Å². The molecule has 0 bridgehead atoms. The minimum absolute atomic E-state index is 0.219. The molecule has 0 amide bonds. The smallest absolute Gasteiger partial charge is 0.109 e. The zero-order valence-corrected chi connectivity index (χ0v) is 12.2. The first-order valence-electron chi connectivity index (χ1n) is 7.47. The fourth-order valence-corrected chi connectivity index (χ4v) is 3.13. The number of likely N-dealkylation sites (tertiary alicyclic amines) is 1. The van der Waals surface area contributed by atoms with Gasteiger partial charge in [0, 0.05) is 13.1 Å². The first-order valence-corrected chi connectivity index (χ1v) is 7.47. The Bertz CT molecular complexity index is 647. The third-order valence-electron chi connectivity index (χ3n) is 4.42. The van der Waals surface area contributed by atoms with Crippen molar-refractivity contribution in [3.8, 4) is 0 Å². The molecule has 3 rings (SSSR count). The predicted octanol–water partition coefficient (Wildman–Crippen LogP) is 0.0990. The molecule has 1 heterocycles. The summed E-state index contributed by atoms with van der Waals surface area (Å²) < 4.78 is 0. The van der Waals surface area contributed by atoms with Gasteiger partial charge in [0.2, 0.25) is 0 Å². The Morgan fingerprint density at radius 1 is 0.955 bits per heavy atom. The van der Waals surface area contributed by atoms with E-state index in [0.717, 1.165) is 16.3 Å². The molecule has 1 aliphatic heterocycles. The molecule has 0 aromatic heterocycles. The molecule has 1 fully saturated rings. The van der Waals surface area contributed by atoms with Gasteiger partial charge in [-0.1, -0.05) is 36.4 Å². The summed E-state index contributed by atoms with van der Waals surface area (Å²) in [4.78, 5) is 1.81. The molecule has 0 saturated carbocycles. The number of nitrogens with zero attached hydrogens (tertiary/aromatic N) is 1. The Balaban J connectivity index is 1.83. The Morgan fingerprint density at radius 2 is 1.68 bits per heavy atom. The van der Waals surface area contributed by atoms with Crippen molar-refractivity contribution in [3.05, 3.63) is 48.0 Å². The van der Waals surface area contributed by atoms with Gasteiger partial charge >= 0.3 is 0 Å². The van der Waals surface area contributed by atoms with Crippen LogP contribution in [0.5, 0.6) is 0 Å². The van der Waals surface area contributed by atoms with Crippen molar-refractivity contribution < 1.29 is 20.4 Å². The summed E-state index contributed by atoms with van der Waals surface area (Å²) in [5.41, 5.74) is 1.04. The Morgan fingerprint density at radius 3 is 2.41 bits per heavy atom. The van der Waals surface area contributed by atoms with E-state index in [0.29, 0.717) is 6.54 Å². The molecular formula is C17H21NO4. The van der Waals surface area contributed by atoms with Crippen LogP contribution in [0.4, 0.5) is 0 Å². The quantitative estimate of drug-likeness (QED) is 0.646. The van der Waals surface area contributed by atoms with Crippen LogP contribution in [0.3, 0.4) is 0 Å². The van der Waals surface area contributed by atoms with E-state index < -0.39 is 24.4 Å². The van der Waals surface area contributed by atoms with E-state index in [1.54, 1.807) is 0 Å². The lowest BCUT2D eigenvalue weighted by Crippen LogP contribution is -2.62. The molecule has 4 N–H and O–H groups in total. The van der Waals surface area contributed by atoms with Gasteiger partial charge in [0.05, 0.1) is 18.8 Å². The summed E-state index contributed by atoms with van der Waals surface area (Å²) in [7, 11) is 0. The summed E-state index contributed by atoms with van der Waals surface area (Å²) in [6.45, 7) is 0.450. The number of hydrogen-bond acceptors (Lipinski definition) is 5. The molecule has 2 aromatic rings. The number of rotatable bonds is 3. The second kappa shape index (κ2) is 6.32. The average Bonchev–Trinajstić information content (AvgIpc) is 2.53. The maximum Gasteiger partial charge on any atom is 0.109 e. The highest BCUT2D eigenvalue weighted by Crippen LogP contribution is 2.23. The molecule has 1 aliphatic rings. The Hall–Kier alpha value is -1.50. The minimum Gasteiger partial charge on any atom is -0.395 e. The van der Waals surface area contributed by atoms with Crippen LogP contribution in [0.15, 0.2) is 42.5 Å². The first kappa shape index (κ1) is 15.4. The number of aliphatic hydroxyl groups excluding tert-OH is 4. The van der Waals surface area contributed by atoms with Gasteiger partial charge in [-0.3, -0.25) is 4.90 Å². The number of β-amino-alcohol motifs (C(OH)–C–C–N with tert-alkyl or cyclic N) is 1. The van der Waals surface area contributed by atoms with E-state index in [-0.39, 0.29) is 13.2 Å². The lowest BCUT2D eigenvalue weighted by atomic mass is 9.93. The standard InChI is InChI=1S/C17H21NO4/c19-10-14-16(21)17(22)15(20)9-18(14)8-11-5-6-12-3-1-2-4-13(12)7-11/h1-7,14-17,19-22H,8-10H2/t14?,15-,16-,17-/m1/s1. The van der Waals surface area contributed by atoms with Crippen LogP contribution in [0.1, 0.15) is 5.56 Å². The Kier molecular flexibility index (Phi) is 4.42. The summed E-state index contributed by atoms with van der Waals surface area (Å²) in [5, 5.41) is 41.4. The molecule has 5 heteroatoms. The summed E-state index contributed by atoms with van der Waals surface area (Å²) in [6.07, 6.45) is -3.39.